The highest BCUT2D eigenvalue weighted by atomic mass is 32.2. The zero-order valence-electron chi connectivity index (χ0n) is 10.0. The molecule has 0 saturated carbocycles. The van der Waals surface area contributed by atoms with Crippen molar-refractivity contribution in [3.05, 3.63) is 35.4 Å². The van der Waals surface area contributed by atoms with E-state index in [0.29, 0.717) is 5.56 Å². The minimum Gasteiger partial charge on any atom is -0.284 e. The Labute approximate surface area is 100 Å². The van der Waals surface area contributed by atoms with E-state index >= 15 is 0 Å². The molecule has 0 aliphatic rings. The molecule has 3 heteroatoms. The van der Waals surface area contributed by atoms with Crippen LogP contribution in [0.3, 0.4) is 0 Å². The minimum atomic E-state index is -0.423. The molecule has 16 heavy (non-hydrogen) atoms. The van der Waals surface area contributed by atoms with Crippen LogP contribution < -0.4 is 0 Å². The third-order valence-electron chi connectivity index (χ3n) is 2.38. The number of benzene rings is 1. The minimum absolute atomic E-state index is 0.0606. The molecule has 0 atom stereocenters. The van der Waals surface area contributed by atoms with E-state index in [1.807, 2.05) is 12.1 Å². The Balaban J connectivity index is 2.96. The Bertz CT molecular complexity index is 399. The first-order chi connectivity index (χ1) is 7.36. The molecule has 0 amide bonds. The third kappa shape index (κ3) is 2.95. The van der Waals surface area contributed by atoms with Crippen LogP contribution in [0.5, 0.6) is 0 Å². The summed E-state index contributed by atoms with van der Waals surface area (Å²) >= 11 is 0.949. The topological polar surface area (TPSA) is 34.1 Å². The fourth-order valence-corrected chi connectivity index (χ4v) is 1.64. The summed E-state index contributed by atoms with van der Waals surface area (Å²) in [6, 6.07) is 7.25. The summed E-state index contributed by atoms with van der Waals surface area (Å²) < 4.78 is 0. The van der Waals surface area contributed by atoms with Gasteiger partial charge in [-0.25, -0.2) is 0 Å². The van der Waals surface area contributed by atoms with E-state index in [1.165, 1.54) is 0 Å². The number of hydrogen-bond acceptors (Lipinski definition) is 3. The highest BCUT2D eigenvalue weighted by Gasteiger charge is 2.17. The van der Waals surface area contributed by atoms with Gasteiger partial charge in [0.25, 0.3) is 5.12 Å². The number of carbonyl (C=O) groups is 2. The van der Waals surface area contributed by atoms with Crippen molar-refractivity contribution >= 4 is 22.7 Å². The monoisotopic (exact) mass is 236 g/mol. The molecule has 0 spiro atoms. The third-order valence-corrected chi connectivity index (χ3v) is 2.94. The summed E-state index contributed by atoms with van der Waals surface area (Å²) in [7, 11) is 0. The lowest BCUT2D eigenvalue weighted by Crippen LogP contribution is -2.13. The van der Waals surface area contributed by atoms with Crippen molar-refractivity contribution < 1.29 is 9.59 Å². The van der Waals surface area contributed by atoms with Crippen LogP contribution in [0.4, 0.5) is 0 Å². The lowest BCUT2D eigenvalue weighted by atomic mass is 9.86. The standard InChI is InChI=1S/C13H16O2S/c1-13(2,3)10-7-5-9(6-8-10)11(14)12(15)16-4/h5-8H,1-4H3. The van der Waals surface area contributed by atoms with E-state index in [-0.39, 0.29) is 5.41 Å². The van der Waals surface area contributed by atoms with Gasteiger partial charge in [0.05, 0.1) is 0 Å². The van der Waals surface area contributed by atoms with Gasteiger partial charge in [-0.05, 0) is 17.2 Å². The lowest BCUT2D eigenvalue weighted by Gasteiger charge is -2.18. The normalized spacial score (nSPS) is 11.2. The van der Waals surface area contributed by atoms with Gasteiger partial charge in [0.2, 0.25) is 5.78 Å². The lowest BCUT2D eigenvalue weighted by molar-refractivity contribution is -0.107. The van der Waals surface area contributed by atoms with Crippen LogP contribution in [-0.4, -0.2) is 17.2 Å². The molecule has 0 N–H and O–H groups in total. The summed E-state index contributed by atoms with van der Waals surface area (Å²) in [6.07, 6.45) is 1.61. The molecule has 2 nitrogen and oxygen atoms in total. The van der Waals surface area contributed by atoms with Gasteiger partial charge < -0.3 is 0 Å². The Morgan fingerprint density at radius 3 is 1.94 bits per heavy atom. The van der Waals surface area contributed by atoms with Gasteiger partial charge in [0, 0.05) is 5.56 Å². The average molecular weight is 236 g/mol. The maximum absolute atomic E-state index is 11.6. The van der Waals surface area contributed by atoms with E-state index in [4.69, 9.17) is 0 Å². The van der Waals surface area contributed by atoms with Crippen LogP contribution >= 0.6 is 11.8 Å². The quantitative estimate of drug-likeness (QED) is 0.584. The summed E-state index contributed by atoms with van der Waals surface area (Å²) in [5.74, 6) is -0.423. The van der Waals surface area contributed by atoms with Gasteiger partial charge in [0.15, 0.2) is 0 Å². The molecule has 0 aliphatic carbocycles. The van der Waals surface area contributed by atoms with Crippen molar-refractivity contribution in [1.29, 1.82) is 0 Å². The van der Waals surface area contributed by atoms with Crippen molar-refractivity contribution in [2.75, 3.05) is 6.26 Å². The summed E-state index contributed by atoms with van der Waals surface area (Å²) in [5.41, 5.74) is 1.68. The largest absolute Gasteiger partial charge is 0.284 e. The molecule has 0 fully saturated rings. The molecule has 1 aromatic rings. The molecular formula is C13H16O2S. The molecular weight excluding hydrogens is 220 g/mol. The highest BCUT2D eigenvalue weighted by Crippen LogP contribution is 2.22. The SMILES string of the molecule is CSC(=O)C(=O)c1ccc(C(C)(C)C)cc1. The van der Waals surface area contributed by atoms with Gasteiger partial charge in [0.1, 0.15) is 0 Å². The van der Waals surface area contributed by atoms with Gasteiger partial charge in [-0.2, -0.15) is 0 Å². The second-order valence-corrected chi connectivity index (χ2v) is 5.43. The summed E-state index contributed by atoms with van der Waals surface area (Å²) in [4.78, 5) is 22.8. The Morgan fingerprint density at radius 1 is 1.06 bits per heavy atom. The van der Waals surface area contributed by atoms with Gasteiger partial charge in [-0.3, -0.25) is 9.59 Å². The molecule has 0 heterocycles. The first-order valence-corrected chi connectivity index (χ1v) is 6.32. The van der Waals surface area contributed by atoms with E-state index < -0.39 is 10.9 Å². The van der Waals surface area contributed by atoms with Crippen molar-refractivity contribution in [2.24, 2.45) is 0 Å². The number of Topliss-reactive ketones (excluding diaryl/α,β-unsaturated/α-hetero) is 1. The number of thioether (sulfide) groups is 1. The molecule has 0 radical (unpaired) electrons. The predicted molar refractivity (Wildman–Crippen MR) is 68.0 cm³/mol. The summed E-state index contributed by atoms with van der Waals surface area (Å²) in [6.45, 7) is 6.32. The van der Waals surface area contributed by atoms with Crippen LogP contribution in [0.15, 0.2) is 24.3 Å². The fraction of sp³-hybridized carbons (Fsp3) is 0.385. The van der Waals surface area contributed by atoms with Crippen LogP contribution in [0.1, 0.15) is 36.7 Å². The molecule has 0 unspecified atom stereocenters. The average Bonchev–Trinajstić information content (AvgIpc) is 2.26. The number of ketones is 1. The van der Waals surface area contributed by atoms with Gasteiger partial charge in [-0.1, -0.05) is 56.8 Å². The van der Waals surface area contributed by atoms with E-state index in [0.717, 1.165) is 17.3 Å². The summed E-state index contributed by atoms with van der Waals surface area (Å²) in [5, 5.41) is -0.413. The maximum Gasteiger partial charge on any atom is 0.259 e. The molecule has 0 bridgehead atoms. The highest BCUT2D eigenvalue weighted by molar-refractivity contribution is 8.14. The number of hydrogen-bond donors (Lipinski definition) is 0. The van der Waals surface area contributed by atoms with Crippen molar-refractivity contribution in [2.45, 2.75) is 26.2 Å². The molecule has 0 aromatic heterocycles. The predicted octanol–water partition coefficient (Wildman–Crippen LogP) is 3.06. The van der Waals surface area contributed by atoms with Crippen molar-refractivity contribution in [1.82, 2.24) is 0 Å². The van der Waals surface area contributed by atoms with Crippen LogP contribution in [-0.2, 0) is 10.2 Å². The van der Waals surface area contributed by atoms with Crippen molar-refractivity contribution in [3.8, 4) is 0 Å². The first-order valence-electron chi connectivity index (χ1n) is 5.09. The van der Waals surface area contributed by atoms with E-state index in [1.54, 1.807) is 18.4 Å². The zero-order valence-corrected chi connectivity index (χ0v) is 10.9. The number of carbonyl (C=O) groups excluding carboxylic acids is 2. The van der Waals surface area contributed by atoms with E-state index in [2.05, 4.69) is 20.8 Å². The van der Waals surface area contributed by atoms with Gasteiger partial charge >= 0.3 is 0 Å². The maximum atomic E-state index is 11.6. The van der Waals surface area contributed by atoms with Crippen LogP contribution in [0.25, 0.3) is 0 Å². The number of rotatable bonds is 2. The molecule has 1 rings (SSSR count). The Morgan fingerprint density at radius 2 is 1.56 bits per heavy atom. The van der Waals surface area contributed by atoms with Crippen LogP contribution in [0, 0.1) is 0 Å². The second kappa shape index (κ2) is 4.83. The van der Waals surface area contributed by atoms with Crippen molar-refractivity contribution in [3.63, 3.8) is 0 Å². The fourth-order valence-electron chi connectivity index (χ4n) is 1.33. The zero-order chi connectivity index (χ0) is 12.3. The molecule has 1 aromatic carbocycles. The van der Waals surface area contributed by atoms with E-state index in [9.17, 15) is 9.59 Å². The van der Waals surface area contributed by atoms with Crippen LogP contribution in [0.2, 0.25) is 0 Å². The van der Waals surface area contributed by atoms with Gasteiger partial charge in [-0.15, -0.1) is 0 Å². The first kappa shape index (κ1) is 13.0. The Hall–Kier alpha value is -1.09. The smallest absolute Gasteiger partial charge is 0.259 e. The Kier molecular flexibility index (Phi) is 3.92. The molecule has 0 aliphatic heterocycles. The molecule has 0 saturated heterocycles. The molecule has 86 valence electrons. The second-order valence-electron chi connectivity index (χ2n) is 4.65.